The zero-order valence-electron chi connectivity index (χ0n) is 12.0. The van der Waals surface area contributed by atoms with Gasteiger partial charge in [0.25, 0.3) is 0 Å². The second-order valence-corrected chi connectivity index (χ2v) is 5.11. The molecule has 5 nitrogen and oxygen atoms in total. The normalized spacial score (nSPS) is 22.3. The minimum atomic E-state index is -0.149. The van der Waals surface area contributed by atoms with Crippen molar-refractivity contribution in [2.45, 2.75) is 31.9 Å². The molecule has 0 spiro atoms. The lowest BCUT2D eigenvalue weighted by atomic mass is 10.0. The molecule has 1 heterocycles. The van der Waals surface area contributed by atoms with Crippen molar-refractivity contribution in [3.63, 3.8) is 0 Å². The van der Waals surface area contributed by atoms with Gasteiger partial charge in [-0.2, -0.15) is 0 Å². The average Bonchev–Trinajstić information content (AvgIpc) is 2.39. The van der Waals surface area contributed by atoms with Gasteiger partial charge in [0.05, 0.1) is 6.10 Å². The number of methoxy groups -OCH3 is 1. The Kier molecular flexibility index (Phi) is 5.38. The molecule has 2 atom stereocenters. The molecule has 5 heteroatoms. The molecule has 1 aliphatic heterocycles. The summed E-state index contributed by atoms with van der Waals surface area (Å²) in [4.78, 5) is 11.5. The van der Waals surface area contributed by atoms with Crippen molar-refractivity contribution in [1.29, 1.82) is 0 Å². The molecule has 1 fully saturated rings. The molecule has 0 aromatic heterocycles. The van der Waals surface area contributed by atoms with Gasteiger partial charge in [0.1, 0.15) is 6.61 Å². The van der Waals surface area contributed by atoms with Crippen LogP contribution < -0.4 is 10.6 Å². The fourth-order valence-electron chi connectivity index (χ4n) is 2.38. The molecule has 0 bridgehead atoms. The second-order valence-electron chi connectivity index (χ2n) is 5.11. The molecule has 0 saturated carbocycles. The van der Waals surface area contributed by atoms with Crippen LogP contribution in [0.3, 0.4) is 0 Å². The topological polar surface area (TPSA) is 59.6 Å². The highest BCUT2D eigenvalue weighted by Gasteiger charge is 2.18. The van der Waals surface area contributed by atoms with Crippen LogP contribution in [0, 0.1) is 0 Å². The summed E-state index contributed by atoms with van der Waals surface area (Å²) in [7, 11) is 1.50. The molecule has 2 rings (SSSR count). The first-order chi connectivity index (χ1) is 9.67. The lowest BCUT2D eigenvalue weighted by molar-refractivity contribution is -0.119. The van der Waals surface area contributed by atoms with Crippen molar-refractivity contribution >= 4 is 17.3 Å². The number of amides is 1. The summed E-state index contributed by atoms with van der Waals surface area (Å²) < 4.78 is 10.3. The Morgan fingerprint density at radius 1 is 1.45 bits per heavy atom. The Bertz CT molecular complexity index is 450. The van der Waals surface area contributed by atoms with Crippen LogP contribution in [0.4, 0.5) is 11.4 Å². The SMILES string of the molecule is COCC(=O)Nc1cccc(NC2CCOC(C)C2)c1. The van der Waals surface area contributed by atoms with Crippen LogP contribution in [-0.2, 0) is 14.3 Å². The molecule has 1 saturated heterocycles. The standard InChI is InChI=1S/C15H22N2O3/c1-11-8-14(6-7-20-11)16-12-4-3-5-13(9-12)17-15(18)10-19-2/h3-5,9,11,14,16H,6-8,10H2,1-2H3,(H,17,18). The Balaban J connectivity index is 1.93. The largest absolute Gasteiger partial charge is 0.382 e. The highest BCUT2D eigenvalue weighted by Crippen LogP contribution is 2.21. The summed E-state index contributed by atoms with van der Waals surface area (Å²) in [6, 6.07) is 8.15. The first-order valence-electron chi connectivity index (χ1n) is 6.94. The lowest BCUT2D eigenvalue weighted by Crippen LogP contribution is -2.32. The van der Waals surface area contributed by atoms with E-state index in [2.05, 4.69) is 17.6 Å². The van der Waals surface area contributed by atoms with Gasteiger partial charge in [-0.3, -0.25) is 4.79 Å². The van der Waals surface area contributed by atoms with Gasteiger partial charge < -0.3 is 20.1 Å². The zero-order valence-corrected chi connectivity index (χ0v) is 12.0. The zero-order chi connectivity index (χ0) is 14.4. The molecular formula is C15H22N2O3. The maximum Gasteiger partial charge on any atom is 0.250 e. The first-order valence-corrected chi connectivity index (χ1v) is 6.94. The number of anilines is 2. The van der Waals surface area contributed by atoms with E-state index < -0.39 is 0 Å². The van der Waals surface area contributed by atoms with Crippen molar-refractivity contribution in [2.75, 3.05) is 31.0 Å². The van der Waals surface area contributed by atoms with Crippen molar-refractivity contribution in [1.82, 2.24) is 0 Å². The monoisotopic (exact) mass is 278 g/mol. The maximum absolute atomic E-state index is 11.5. The van der Waals surface area contributed by atoms with Crippen LogP contribution in [0.5, 0.6) is 0 Å². The van der Waals surface area contributed by atoms with Crippen LogP contribution in [0.1, 0.15) is 19.8 Å². The molecule has 20 heavy (non-hydrogen) atoms. The maximum atomic E-state index is 11.5. The van der Waals surface area contributed by atoms with E-state index in [1.807, 2.05) is 24.3 Å². The van der Waals surface area contributed by atoms with E-state index in [0.29, 0.717) is 12.1 Å². The highest BCUT2D eigenvalue weighted by molar-refractivity contribution is 5.92. The summed E-state index contributed by atoms with van der Waals surface area (Å²) >= 11 is 0. The van der Waals surface area contributed by atoms with Crippen LogP contribution in [0.15, 0.2) is 24.3 Å². The second kappa shape index (κ2) is 7.26. The molecule has 1 aromatic carbocycles. The summed E-state index contributed by atoms with van der Waals surface area (Å²) in [5, 5.41) is 6.29. The minimum absolute atomic E-state index is 0.0646. The molecule has 1 amide bonds. The summed E-state index contributed by atoms with van der Waals surface area (Å²) in [5.41, 5.74) is 1.79. The van der Waals surface area contributed by atoms with Gasteiger partial charge in [-0.25, -0.2) is 0 Å². The third-order valence-corrected chi connectivity index (χ3v) is 3.28. The van der Waals surface area contributed by atoms with Crippen molar-refractivity contribution < 1.29 is 14.3 Å². The van der Waals surface area contributed by atoms with Crippen LogP contribution >= 0.6 is 0 Å². The fraction of sp³-hybridized carbons (Fsp3) is 0.533. The van der Waals surface area contributed by atoms with E-state index in [1.54, 1.807) is 0 Å². The van der Waals surface area contributed by atoms with Crippen molar-refractivity contribution in [3.8, 4) is 0 Å². The van der Waals surface area contributed by atoms with Gasteiger partial charge >= 0.3 is 0 Å². The van der Waals surface area contributed by atoms with Crippen LogP contribution in [0.25, 0.3) is 0 Å². The van der Waals surface area contributed by atoms with Crippen molar-refractivity contribution in [2.24, 2.45) is 0 Å². The van der Waals surface area contributed by atoms with Gasteiger partial charge in [0.15, 0.2) is 0 Å². The van der Waals surface area contributed by atoms with Gasteiger partial charge in [-0.1, -0.05) is 6.07 Å². The molecule has 0 aliphatic carbocycles. The lowest BCUT2D eigenvalue weighted by Gasteiger charge is -2.28. The predicted molar refractivity (Wildman–Crippen MR) is 79.0 cm³/mol. The highest BCUT2D eigenvalue weighted by atomic mass is 16.5. The number of carbonyl (C=O) groups excluding carboxylic acids is 1. The predicted octanol–water partition coefficient (Wildman–Crippen LogP) is 2.25. The van der Waals surface area contributed by atoms with Gasteiger partial charge in [0.2, 0.25) is 5.91 Å². The van der Waals surface area contributed by atoms with Crippen LogP contribution in [-0.4, -0.2) is 38.4 Å². The minimum Gasteiger partial charge on any atom is -0.382 e. The smallest absolute Gasteiger partial charge is 0.250 e. The first kappa shape index (κ1) is 14.8. The van der Waals surface area contributed by atoms with E-state index in [4.69, 9.17) is 9.47 Å². The van der Waals surface area contributed by atoms with Crippen molar-refractivity contribution in [3.05, 3.63) is 24.3 Å². The van der Waals surface area contributed by atoms with E-state index >= 15 is 0 Å². The van der Waals surface area contributed by atoms with E-state index in [9.17, 15) is 4.79 Å². The van der Waals surface area contributed by atoms with E-state index in [0.717, 1.165) is 30.8 Å². The molecule has 2 unspecified atom stereocenters. The van der Waals surface area contributed by atoms with Gasteiger partial charge in [-0.05, 0) is 38.0 Å². The quantitative estimate of drug-likeness (QED) is 0.867. The van der Waals surface area contributed by atoms with Crippen LogP contribution in [0.2, 0.25) is 0 Å². The Morgan fingerprint density at radius 2 is 2.25 bits per heavy atom. The summed E-state index contributed by atoms with van der Waals surface area (Å²) in [5.74, 6) is -0.149. The number of nitrogens with one attached hydrogen (secondary N) is 2. The van der Waals surface area contributed by atoms with Gasteiger partial charge in [-0.15, -0.1) is 0 Å². The van der Waals surface area contributed by atoms with E-state index in [-0.39, 0.29) is 12.5 Å². The molecule has 110 valence electrons. The fourth-order valence-corrected chi connectivity index (χ4v) is 2.38. The molecule has 1 aromatic rings. The summed E-state index contributed by atoms with van der Waals surface area (Å²) in [6.07, 6.45) is 2.30. The number of ether oxygens (including phenoxy) is 2. The third-order valence-electron chi connectivity index (χ3n) is 3.28. The Morgan fingerprint density at radius 3 is 3.00 bits per heavy atom. The summed E-state index contributed by atoms with van der Waals surface area (Å²) in [6.45, 7) is 2.95. The van der Waals surface area contributed by atoms with E-state index in [1.165, 1.54) is 7.11 Å². The molecule has 1 aliphatic rings. The number of benzene rings is 1. The average molecular weight is 278 g/mol. The number of hydrogen-bond acceptors (Lipinski definition) is 4. The number of hydrogen-bond donors (Lipinski definition) is 2. The Hall–Kier alpha value is -1.59. The molecule has 2 N–H and O–H groups in total. The Labute approximate surface area is 119 Å². The number of rotatable bonds is 5. The molecular weight excluding hydrogens is 256 g/mol. The number of carbonyl (C=O) groups is 1. The van der Waals surface area contributed by atoms with Gasteiger partial charge in [0, 0.05) is 31.1 Å². The third kappa shape index (κ3) is 4.51. The molecule has 0 radical (unpaired) electrons.